The molecule has 244 valence electrons. The van der Waals surface area contributed by atoms with Crippen LogP contribution in [0.15, 0.2) is 48.9 Å². The Morgan fingerprint density at radius 3 is 2.71 bits per heavy atom. The average Bonchev–Trinajstić information content (AvgIpc) is 3.53. The molecule has 2 unspecified atom stereocenters. The van der Waals surface area contributed by atoms with Crippen molar-refractivity contribution in [3.05, 3.63) is 71.8 Å². The first-order valence-corrected chi connectivity index (χ1v) is 16.6. The minimum absolute atomic E-state index is 0.0268. The standard InChI is InChI=1S/C37H35F2N7O2/c1-2-22-4-3-5-23-12-27(47)13-28(31(22)23)32-30(38)14-29-34(33(32)39)42-36(43-35(29)46-16-24-6-7-25(17-46)41-24)48-20-37(8-9-37)19-44-10-11-45-21-40-15-26(45)18-44/h1,3-5,12-15,21,24-25,41,47H,6-11,16-20H2. The first-order chi connectivity index (χ1) is 23.4. The molecule has 48 heavy (non-hydrogen) atoms. The normalized spacial score (nSPS) is 21.4. The van der Waals surface area contributed by atoms with Gasteiger partial charge in [-0.05, 0) is 55.3 Å². The number of terminal acetylenes is 1. The van der Waals surface area contributed by atoms with Crippen LogP contribution in [0.3, 0.4) is 0 Å². The fourth-order valence-corrected chi connectivity index (χ4v) is 8.00. The highest BCUT2D eigenvalue weighted by Crippen LogP contribution is 2.47. The van der Waals surface area contributed by atoms with Gasteiger partial charge in [0, 0.05) is 84.9 Å². The maximum Gasteiger partial charge on any atom is 0.319 e. The molecular weight excluding hydrogens is 612 g/mol. The van der Waals surface area contributed by atoms with Crippen LogP contribution in [0.1, 0.15) is 36.9 Å². The summed E-state index contributed by atoms with van der Waals surface area (Å²) >= 11 is 0. The van der Waals surface area contributed by atoms with Crippen LogP contribution in [0.4, 0.5) is 14.6 Å². The average molecular weight is 648 g/mol. The van der Waals surface area contributed by atoms with Crippen LogP contribution in [0.5, 0.6) is 11.8 Å². The van der Waals surface area contributed by atoms with E-state index in [-0.39, 0.29) is 51.3 Å². The third-order valence-corrected chi connectivity index (χ3v) is 10.6. The number of phenolic OH excluding ortho intramolecular Hbond substituents is 1. The van der Waals surface area contributed by atoms with E-state index in [4.69, 9.17) is 16.1 Å². The summed E-state index contributed by atoms with van der Waals surface area (Å²) in [6.45, 7) is 5.32. The summed E-state index contributed by atoms with van der Waals surface area (Å²) in [4.78, 5) is 18.3. The lowest BCUT2D eigenvalue weighted by Crippen LogP contribution is -2.51. The molecule has 4 aliphatic rings. The maximum atomic E-state index is 16.9. The van der Waals surface area contributed by atoms with Gasteiger partial charge >= 0.3 is 6.01 Å². The number of hydrogen-bond acceptors (Lipinski definition) is 8. The van der Waals surface area contributed by atoms with Gasteiger partial charge in [-0.1, -0.05) is 18.1 Å². The molecule has 2 bridgehead atoms. The monoisotopic (exact) mass is 647 g/mol. The number of piperazine rings is 1. The number of phenols is 1. The topological polar surface area (TPSA) is 91.6 Å². The van der Waals surface area contributed by atoms with Crippen molar-refractivity contribution in [1.82, 2.24) is 29.7 Å². The largest absolute Gasteiger partial charge is 0.508 e. The van der Waals surface area contributed by atoms with E-state index in [1.54, 1.807) is 18.2 Å². The summed E-state index contributed by atoms with van der Waals surface area (Å²) in [6.07, 6.45) is 13.8. The second-order valence-electron chi connectivity index (χ2n) is 13.9. The molecule has 0 amide bonds. The molecule has 1 aliphatic carbocycles. The predicted molar refractivity (Wildman–Crippen MR) is 179 cm³/mol. The first kappa shape index (κ1) is 29.4. The fraction of sp³-hybridized carbons (Fsp3) is 0.378. The SMILES string of the molecule is C#Cc1cccc2cc(O)cc(-c3c(F)cc4c(N5CC6CCC(C5)N6)nc(OCC5(CN6CCn7cncc7C6)CC5)nc4c3F)c12. The van der Waals surface area contributed by atoms with E-state index in [2.05, 4.69) is 35.6 Å². The van der Waals surface area contributed by atoms with Crippen molar-refractivity contribution in [2.45, 2.75) is 50.9 Å². The van der Waals surface area contributed by atoms with Crippen LogP contribution in [-0.4, -0.2) is 74.4 Å². The van der Waals surface area contributed by atoms with Crippen molar-refractivity contribution < 1.29 is 18.6 Å². The molecular formula is C37H35F2N7O2. The van der Waals surface area contributed by atoms with Crippen molar-refractivity contribution in [2.75, 3.05) is 37.7 Å². The lowest BCUT2D eigenvalue weighted by molar-refractivity contribution is 0.134. The second-order valence-corrected chi connectivity index (χ2v) is 13.9. The Morgan fingerprint density at radius 2 is 1.92 bits per heavy atom. The molecule has 9 nitrogen and oxygen atoms in total. The molecule has 3 aromatic carbocycles. The number of imidazole rings is 1. The maximum absolute atomic E-state index is 16.9. The molecule has 0 radical (unpaired) electrons. The van der Waals surface area contributed by atoms with Crippen molar-refractivity contribution >= 4 is 27.5 Å². The highest BCUT2D eigenvalue weighted by atomic mass is 19.1. The minimum atomic E-state index is -0.846. The quantitative estimate of drug-likeness (QED) is 0.232. The van der Waals surface area contributed by atoms with E-state index in [1.165, 1.54) is 23.9 Å². The molecule has 3 aliphatic heterocycles. The number of halogens is 2. The van der Waals surface area contributed by atoms with E-state index >= 15 is 8.78 Å². The van der Waals surface area contributed by atoms with Gasteiger partial charge in [-0.2, -0.15) is 9.97 Å². The molecule has 1 saturated carbocycles. The molecule has 2 aromatic heterocycles. The van der Waals surface area contributed by atoms with E-state index in [1.807, 2.05) is 12.5 Å². The Labute approximate surface area is 276 Å². The van der Waals surface area contributed by atoms with Crippen LogP contribution in [0.25, 0.3) is 32.8 Å². The van der Waals surface area contributed by atoms with Crippen molar-refractivity contribution in [1.29, 1.82) is 0 Å². The Morgan fingerprint density at radius 1 is 1.08 bits per heavy atom. The highest BCUT2D eigenvalue weighted by molar-refractivity contribution is 6.04. The number of rotatable bonds is 7. The van der Waals surface area contributed by atoms with Crippen LogP contribution in [0.2, 0.25) is 0 Å². The third kappa shape index (κ3) is 5.02. The van der Waals surface area contributed by atoms with Gasteiger partial charge in [0.05, 0.1) is 24.2 Å². The van der Waals surface area contributed by atoms with Gasteiger partial charge in [-0.15, -0.1) is 6.42 Å². The Bertz CT molecular complexity index is 2130. The van der Waals surface area contributed by atoms with Crippen molar-refractivity contribution in [2.24, 2.45) is 5.41 Å². The van der Waals surface area contributed by atoms with Gasteiger partial charge in [0.25, 0.3) is 0 Å². The molecule has 5 aromatic rings. The zero-order valence-corrected chi connectivity index (χ0v) is 26.4. The van der Waals surface area contributed by atoms with E-state index in [0.717, 1.165) is 51.9 Å². The third-order valence-electron chi connectivity index (χ3n) is 10.6. The van der Waals surface area contributed by atoms with E-state index in [0.29, 0.717) is 41.9 Å². The summed E-state index contributed by atoms with van der Waals surface area (Å²) in [6, 6.07) is 10.1. The molecule has 3 fully saturated rings. The number of aromatic hydroxyl groups is 1. The Kier molecular flexibility index (Phi) is 6.81. The number of hydrogen-bond donors (Lipinski definition) is 2. The summed E-state index contributed by atoms with van der Waals surface area (Å²) in [5.41, 5.74) is 1.48. The highest BCUT2D eigenvalue weighted by Gasteiger charge is 2.45. The molecule has 2 N–H and O–H groups in total. The van der Waals surface area contributed by atoms with E-state index < -0.39 is 11.6 Å². The van der Waals surface area contributed by atoms with Crippen LogP contribution in [0, 0.1) is 29.4 Å². The fourth-order valence-electron chi connectivity index (χ4n) is 8.00. The number of nitrogens with one attached hydrogen (secondary N) is 1. The number of nitrogens with zero attached hydrogens (tertiary/aromatic N) is 6. The summed E-state index contributed by atoms with van der Waals surface area (Å²) in [5, 5.41) is 15.6. The number of fused-ring (bicyclic) bond motifs is 5. The number of aromatic nitrogens is 4. The second kappa shape index (κ2) is 11.1. The van der Waals surface area contributed by atoms with E-state index in [9.17, 15) is 5.11 Å². The minimum Gasteiger partial charge on any atom is -0.508 e. The smallest absolute Gasteiger partial charge is 0.319 e. The van der Waals surface area contributed by atoms with Crippen LogP contribution >= 0.6 is 0 Å². The summed E-state index contributed by atoms with van der Waals surface area (Å²) < 4.78 is 41.8. The van der Waals surface area contributed by atoms with Crippen LogP contribution < -0.4 is 15.0 Å². The molecule has 9 rings (SSSR count). The molecule has 5 heterocycles. The van der Waals surface area contributed by atoms with Crippen molar-refractivity contribution in [3.8, 4) is 35.2 Å². The molecule has 11 heteroatoms. The first-order valence-electron chi connectivity index (χ1n) is 16.6. The Hall–Kier alpha value is -4.79. The van der Waals surface area contributed by atoms with Crippen LogP contribution in [-0.2, 0) is 13.1 Å². The predicted octanol–water partition coefficient (Wildman–Crippen LogP) is 5.23. The number of benzene rings is 3. The summed E-state index contributed by atoms with van der Waals surface area (Å²) in [7, 11) is 0. The number of anilines is 1. The zero-order chi connectivity index (χ0) is 32.6. The lowest BCUT2D eigenvalue weighted by atomic mass is 9.93. The van der Waals surface area contributed by atoms with Gasteiger partial charge < -0.3 is 24.6 Å². The Balaban J connectivity index is 1.12. The van der Waals surface area contributed by atoms with Gasteiger partial charge in [0.15, 0.2) is 5.82 Å². The molecule has 2 saturated heterocycles. The molecule has 2 atom stereocenters. The van der Waals surface area contributed by atoms with Gasteiger partial charge in [-0.25, -0.2) is 13.8 Å². The van der Waals surface area contributed by atoms with Crippen molar-refractivity contribution in [3.63, 3.8) is 0 Å². The molecule has 0 spiro atoms. The van der Waals surface area contributed by atoms with Gasteiger partial charge in [0.2, 0.25) is 0 Å². The van der Waals surface area contributed by atoms with Gasteiger partial charge in [-0.3, -0.25) is 4.90 Å². The summed E-state index contributed by atoms with van der Waals surface area (Å²) in [5.74, 6) is 1.35. The van der Waals surface area contributed by atoms with Gasteiger partial charge in [0.1, 0.15) is 22.9 Å². The number of ether oxygens (including phenoxy) is 1. The zero-order valence-electron chi connectivity index (χ0n) is 26.4. The lowest BCUT2D eigenvalue weighted by Gasteiger charge is -2.34.